The minimum absolute atomic E-state index is 0.0718. The van der Waals surface area contributed by atoms with Crippen LogP contribution in [0.15, 0.2) is 12.1 Å². The number of nitrogens with zero attached hydrogens (tertiary/aromatic N) is 2. The van der Waals surface area contributed by atoms with Crippen molar-refractivity contribution in [3.63, 3.8) is 0 Å². The average molecular weight is 316 g/mol. The van der Waals surface area contributed by atoms with Crippen molar-refractivity contribution >= 4 is 34.6 Å². The summed E-state index contributed by atoms with van der Waals surface area (Å²) in [6, 6.07) is 3.08. The number of nitro benzene ring substituents is 1. The second-order valence-electron chi connectivity index (χ2n) is 5.49. The van der Waals surface area contributed by atoms with Crippen LogP contribution < -0.4 is 10.2 Å². The first-order chi connectivity index (χ1) is 9.49. The number of nitro groups is 1. The van der Waals surface area contributed by atoms with Crippen LogP contribution in [-0.2, 0) is 0 Å². The normalized spacial score (nSPS) is 28.8. The molecule has 5 nitrogen and oxygen atoms in total. The zero-order valence-corrected chi connectivity index (χ0v) is 12.5. The summed E-state index contributed by atoms with van der Waals surface area (Å²) in [5.74, 6) is 1.17. The Morgan fingerprint density at radius 3 is 2.55 bits per heavy atom. The number of halogens is 2. The van der Waals surface area contributed by atoms with Gasteiger partial charge in [-0.25, -0.2) is 0 Å². The minimum Gasteiger partial charge on any atom is -0.366 e. The number of hydrogen-bond acceptors (Lipinski definition) is 4. The van der Waals surface area contributed by atoms with Crippen LogP contribution in [0.1, 0.15) is 6.92 Å². The van der Waals surface area contributed by atoms with Crippen LogP contribution in [0.25, 0.3) is 0 Å². The number of non-ortho nitro benzene ring substituents is 1. The van der Waals surface area contributed by atoms with Gasteiger partial charge in [0.15, 0.2) is 0 Å². The fraction of sp³-hybridized carbons (Fsp3) is 0.538. The van der Waals surface area contributed by atoms with E-state index in [0.29, 0.717) is 27.9 Å². The molecule has 1 aromatic carbocycles. The lowest BCUT2D eigenvalue weighted by atomic mass is 9.95. The van der Waals surface area contributed by atoms with Gasteiger partial charge in [0.2, 0.25) is 0 Å². The van der Waals surface area contributed by atoms with Crippen molar-refractivity contribution in [1.29, 1.82) is 0 Å². The first-order valence-corrected chi connectivity index (χ1v) is 7.35. The van der Waals surface area contributed by atoms with E-state index in [1.165, 1.54) is 12.1 Å². The fourth-order valence-corrected chi connectivity index (χ4v) is 4.09. The number of fused-ring (bicyclic) bond motifs is 1. The van der Waals surface area contributed by atoms with Gasteiger partial charge in [-0.1, -0.05) is 23.2 Å². The third kappa shape index (κ3) is 2.14. The summed E-state index contributed by atoms with van der Waals surface area (Å²) in [4.78, 5) is 12.5. The molecule has 0 amide bonds. The van der Waals surface area contributed by atoms with Gasteiger partial charge in [0.25, 0.3) is 5.69 Å². The Hall–Kier alpha value is -1.04. The topological polar surface area (TPSA) is 58.4 Å². The van der Waals surface area contributed by atoms with E-state index in [1.807, 2.05) is 0 Å². The highest BCUT2D eigenvalue weighted by atomic mass is 35.5. The van der Waals surface area contributed by atoms with E-state index in [9.17, 15) is 10.1 Å². The van der Waals surface area contributed by atoms with Crippen LogP contribution >= 0.6 is 23.2 Å². The molecule has 1 N–H and O–H groups in total. The number of hydrogen-bond donors (Lipinski definition) is 1. The molecule has 7 heteroatoms. The lowest BCUT2D eigenvalue weighted by molar-refractivity contribution is -0.384. The van der Waals surface area contributed by atoms with Crippen molar-refractivity contribution in [1.82, 2.24) is 5.32 Å². The van der Waals surface area contributed by atoms with Gasteiger partial charge in [0.05, 0.1) is 20.7 Å². The monoisotopic (exact) mass is 315 g/mol. The Kier molecular flexibility index (Phi) is 3.52. The van der Waals surface area contributed by atoms with Gasteiger partial charge < -0.3 is 10.2 Å². The number of rotatable bonds is 2. The lowest BCUT2D eigenvalue weighted by Crippen LogP contribution is -2.33. The molecular formula is C13H15Cl2N3O2. The molecule has 0 saturated carbocycles. The van der Waals surface area contributed by atoms with Gasteiger partial charge in [-0.05, 0) is 18.8 Å². The Bertz CT molecular complexity index is 544. The standard InChI is InChI=1S/C13H15Cl2N3O2/c1-7-10-5-16-4-8(10)6-17(7)13-11(14)2-9(18(19)20)3-12(13)15/h2-3,7-8,10,16H,4-6H2,1H3. The summed E-state index contributed by atoms with van der Waals surface area (Å²) in [5.41, 5.74) is 0.651. The molecule has 2 saturated heterocycles. The zero-order valence-electron chi connectivity index (χ0n) is 11.0. The molecule has 1 aromatic rings. The summed E-state index contributed by atoms with van der Waals surface area (Å²) in [6.45, 7) is 5.06. The third-order valence-electron chi connectivity index (χ3n) is 4.43. The molecule has 2 fully saturated rings. The van der Waals surface area contributed by atoms with Crippen molar-refractivity contribution in [3.05, 3.63) is 32.3 Å². The van der Waals surface area contributed by atoms with Gasteiger partial charge in [-0.2, -0.15) is 0 Å². The molecule has 0 aliphatic carbocycles. The largest absolute Gasteiger partial charge is 0.366 e. The van der Waals surface area contributed by atoms with Crippen LogP contribution in [0.4, 0.5) is 11.4 Å². The second kappa shape index (κ2) is 5.06. The number of benzene rings is 1. The van der Waals surface area contributed by atoms with Crippen molar-refractivity contribution in [2.24, 2.45) is 11.8 Å². The van der Waals surface area contributed by atoms with Crippen LogP contribution in [0, 0.1) is 22.0 Å². The second-order valence-corrected chi connectivity index (χ2v) is 6.30. The molecular weight excluding hydrogens is 301 g/mol. The highest BCUT2D eigenvalue weighted by Gasteiger charge is 2.43. The van der Waals surface area contributed by atoms with Crippen LogP contribution in [-0.4, -0.2) is 30.6 Å². The smallest absolute Gasteiger partial charge is 0.272 e. The third-order valence-corrected chi connectivity index (χ3v) is 5.01. The molecule has 2 heterocycles. The Labute approximate surface area is 127 Å². The molecule has 0 bridgehead atoms. The van der Waals surface area contributed by atoms with E-state index < -0.39 is 4.92 Å². The van der Waals surface area contributed by atoms with Gasteiger partial charge in [0, 0.05) is 37.8 Å². The fourth-order valence-electron chi connectivity index (χ4n) is 3.39. The minimum atomic E-state index is -0.479. The summed E-state index contributed by atoms with van der Waals surface area (Å²) >= 11 is 12.5. The first-order valence-electron chi connectivity index (χ1n) is 6.60. The van der Waals surface area contributed by atoms with Crippen LogP contribution in [0.2, 0.25) is 10.0 Å². The van der Waals surface area contributed by atoms with Gasteiger partial charge in [-0.15, -0.1) is 0 Å². The van der Waals surface area contributed by atoms with E-state index in [2.05, 4.69) is 17.1 Å². The van der Waals surface area contributed by atoms with Crippen molar-refractivity contribution in [2.45, 2.75) is 13.0 Å². The number of nitrogens with one attached hydrogen (secondary N) is 1. The molecule has 20 heavy (non-hydrogen) atoms. The maximum absolute atomic E-state index is 10.8. The van der Waals surface area contributed by atoms with Crippen LogP contribution in [0.5, 0.6) is 0 Å². The van der Waals surface area contributed by atoms with Gasteiger partial charge >= 0.3 is 0 Å². The van der Waals surface area contributed by atoms with E-state index in [-0.39, 0.29) is 5.69 Å². The molecule has 0 radical (unpaired) electrons. The van der Waals surface area contributed by atoms with Crippen molar-refractivity contribution in [2.75, 3.05) is 24.5 Å². The maximum Gasteiger partial charge on any atom is 0.272 e. The van der Waals surface area contributed by atoms with Crippen molar-refractivity contribution < 1.29 is 4.92 Å². The molecule has 0 spiro atoms. The molecule has 3 rings (SSSR count). The Morgan fingerprint density at radius 1 is 1.35 bits per heavy atom. The van der Waals surface area contributed by atoms with E-state index in [4.69, 9.17) is 23.2 Å². The Balaban J connectivity index is 1.97. The van der Waals surface area contributed by atoms with Gasteiger partial charge in [-0.3, -0.25) is 10.1 Å². The highest BCUT2D eigenvalue weighted by molar-refractivity contribution is 6.39. The van der Waals surface area contributed by atoms with Gasteiger partial charge in [0.1, 0.15) is 0 Å². The highest BCUT2D eigenvalue weighted by Crippen LogP contribution is 2.43. The van der Waals surface area contributed by atoms with Crippen LogP contribution in [0.3, 0.4) is 0 Å². The maximum atomic E-state index is 10.8. The first kappa shape index (κ1) is 13.9. The predicted octanol–water partition coefficient (Wildman–Crippen LogP) is 2.95. The summed E-state index contributed by atoms with van der Waals surface area (Å²) in [5, 5.41) is 14.9. The molecule has 108 valence electrons. The molecule has 2 aliphatic rings. The van der Waals surface area contributed by atoms with E-state index in [0.717, 1.165) is 25.3 Å². The molecule has 0 aromatic heterocycles. The van der Waals surface area contributed by atoms with E-state index in [1.54, 1.807) is 0 Å². The molecule has 2 aliphatic heterocycles. The quantitative estimate of drug-likeness (QED) is 0.673. The van der Waals surface area contributed by atoms with Crippen molar-refractivity contribution in [3.8, 4) is 0 Å². The molecule has 3 unspecified atom stereocenters. The zero-order chi connectivity index (χ0) is 14.4. The predicted molar refractivity (Wildman–Crippen MR) is 79.8 cm³/mol. The average Bonchev–Trinajstić information content (AvgIpc) is 2.93. The summed E-state index contributed by atoms with van der Waals surface area (Å²) < 4.78 is 0. The van der Waals surface area contributed by atoms with E-state index >= 15 is 0 Å². The SMILES string of the molecule is CC1C2CNCC2CN1c1c(Cl)cc([N+](=O)[O-])cc1Cl. The summed E-state index contributed by atoms with van der Waals surface area (Å²) in [6.07, 6.45) is 0. The Morgan fingerprint density at radius 2 is 2.00 bits per heavy atom. The lowest BCUT2D eigenvalue weighted by Gasteiger charge is -2.28. The number of anilines is 1. The summed E-state index contributed by atoms with van der Waals surface area (Å²) in [7, 11) is 0. The molecule has 3 atom stereocenters.